The van der Waals surface area contributed by atoms with Crippen molar-refractivity contribution in [2.45, 2.75) is 6.54 Å². The van der Waals surface area contributed by atoms with Gasteiger partial charge in [0, 0.05) is 11.2 Å². The summed E-state index contributed by atoms with van der Waals surface area (Å²) in [6.45, 7) is 0.258. The zero-order valence-electron chi connectivity index (χ0n) is 16.3. The van der Waals surface area contributed by atoms with Gasteiger partial charge in [-0.25, -0.2) is 4.98 Å². The fourth-order valence-corrected chi connectivity index (χ4v) is 4.25. The summed E-state index contributed by atoms with van der Waals surface area (Å²) in [5.41, 5.74) is 1.89. The molecule has 0 bridgehead atoms. The third-order valence-electron chi connectivity index (χ3n) is 4.50. The molecule has 8 heteroatoms. The van der Waals surface area contributed by atoms with Crippen molar-refractivity contribution in [3.63, 3.8) is 0 Å². The third kappa shape index (κ3) is 4.08. The molecule has 2 aromatic carbocycles. The van der Waals surface area contributed by atoms with Crippen LogP contribution in [0.2, 0.25) is 5.02 Å². The molecule has 0 aliphatic carbocycles. The minimum atomic E-state index is -0.262. The molecule has 0 aliphatic heterocycles. The van der Waals surface area contributed by atoms with Gasteiger partial charge in [-0.2, -0.15) is 0 Å². The topological polar surface area (TPSA) is 64.6 Å². The Bertz CT molecular complexity index is 1200. The lowest BCUT2D eigenvalue weighted by molar-refractivity contribution is 0.0981. The summed E-state index contributed by atoms with van der Waals surface area (Å²) in [6.07, 6.45) is 1.70. The van der Waals surface area contributed by atoms with Crippen molar-refractivity contribution in [3.8, 4) is 11.5 Å². The normalized spacial score (nSPS) is 10.8. The van der Waals surface area contributed by atoms with Gasteiger partial charge in [0.2, 0.25) is 0 Å². The molecule has 0 radical (unpaired) electrons. The van der Waals surface area contributed by atoms with E-state index in [1.807, 2.05) is 30.3 Å². The van der Waals surface area contributed by atoms with Crippen LogP contribution in [-0.2, 0) is 6.54 Å². The molecule has 2 aromatic heterocycles. The minimum absolute atomic E-state index is 0.258. The molecule has 0 atom stereocenters. The van der Waals surface area contributed by atoms with Gasteiger partial charge >= 0.3 is 0 Å². The van der Waals surface area contributed by atoms with Crippen LogP contribution < -0.4 is 14.4 Å². The Balaban J connectivity index is 1.81. The van der Waals surface area contributed by atoms with E-state index in [0.29, 0.717) is 27.2 Å². The molecule has 4 aromatic rings. The Labute approximate surface area is 182 Å². The second-order valence-corrected chi connectivity index (χ2v) is 7.83. The maximum Gasteiger partial charge on any atom is 0.264 e. The molecule has 0 aliphatic rings. The van der Waals surface area contributed by atoms with E-state index in [0.717, 1.165) is 15.9 Å². The van der Waals surface area contributed by atoms with Crippen LogP contribution in [0, 0.1) is 0 Å². The second-order valence-electron chi connectivity index (χ2n) is 6.39. The van der Waals surface area contributed by atoms with E-state index >= 15 is 0 Å². The fraction of sp³-hybridized carbons (Fsp3) is 0.136. The van der Waals surface area contributed by atoms with Crippen LogP contribution in [-0.4, -0.2) is 30.1 Å². The van der Waals surface area contributed by atoms with Gasteiger partial charge in [-0.15, -0.1) is 0 Å². The number of thiazole rings is 1. The van der Waals surface area contributed by atoms with Crippen LogP contribution in [0.3, 0.4) is 0 Å². The van der Waals surface area contributed by atoms with Crippen molar-refractivity contribution in [3.05, 3.63) is 77.1 Å². The zero-order chi connectivity index (χ0) is 21.1. The maximum atomic E-state index is 13.6. The van der Waals surface area contributed by atoms with E-state index < -0.39 is 0 Å². The SMILES string of the molecule is COc1ccc(OC)c(C(=O)N(Cc2ccccn2)c2nc3ccc(Cl)cc3s2)c1. The Kier molecular flexibility index (Phi) is 5.83. The van der Waals surface area contributed by atoms with E-state index in [1.54, 1.807) is 42.5 Å². The molecule has 4 rings (SSSR count). The summed E-state index contributed by atoms with van der Waals surface area (Å²) in [6, 6.07) is 16.2. The fourth-order valence-electron chi connectivity index (χ4n) is 3.01. The predicted molar refractivity (Wildman–Crippen MR) is 119 cm³/mol. The van der Waals surface area contributed by atoms with Gasteiger partial charge in [0.05, 0.1) is 42.2 Å². The van der Waals surface area contributed by atoms with Gasteiger partial charge in [0.1, 0.15) is 11.5 Å². The molecule has 0 unspecified atom stereocenters. The van der Waals surface area contributed by atoms with Crippen molar-refractivity contribution < 1.29 is 14.3 Å². The number of carbonyl (C=O) groups excluding carboxylic acids is 1. The quantitative estimate of drug-likeness (QED) is 0.412. The van der Waals surface area contributed by atoms with Gasteiger partial charge in [-0.1, -0.05) is 29.0 Å². The molecule has 0 spiro atoms. The Morgan fingerprint density at radius 3 is 2.70 bits per heavy atom. The van der Waals surface area contributed by atoms with Crippen molar-refractivity contribution in [1.29, 1.82) is 0 Å². The summed E-state index contributed by atoms with van der Waals surface area (Å²) in [5.74, 6) is 0.755. The predicted octanol–water partition coefficient (Wildman–Crippen LogP) is 5.21. The summed E-state index contributed by atoms with van der Waals surface area (Å²) < 4.78 is 11.6. The number of anilines is 1. The number of methoxy groups -OCH3 is 2. The third-order valence-corrected chi connectivity index (χ3v) is 5.77. The van der Waals surface area contributed by atoms with Gasteiger partial charge in [-0.3, -0.25) is 14.7 Å². The van der Waals surface area contributed by atoms with E-state index in [4.69, 9.17) is 21.1 Å². The molecule has 2 heterocycles. The number of pyridine rings is 1. The molecule has 0 fully saturated rings. The van der Waals surface area contributed by atoms with Gasteiger partial charge in [0.25, 0.3) is 5.91 Å². The summed E-state index contributed by atoms with van der Waals surface area (Å²) in [4.78, 5) is 24.3. The number of carbonyl (C=O) groups is 1. The maximum absolute atomic E-state index is 13.6. The first-order valence-electron chi connectivity index (χ1n) is 9.09. The molecule has 0 saturated carbocycles. The number of hydrogen-bond donors (Lipinski definition) is 0. The number of amides is 1. The number of rotatable bonds is 6. The number of aromatic nitrogens is 2. The van der Waals surface area contributed by atoms with Crippen molar-refractivity contribution in [1.82, 2.24) is 9.97 Å². The molecule has 0 N–H and O–H groups in total. The molecule has 6 nitrogen and oxygen atoms in total. The van der Waals surface area contributed by atoms with E-state index in [-0.39, 0.29) is 12.5 Å². The average Bonchev–Trinajstić information content (AvgIpc) is 3.20. The highest BCUT2D eigenvalue weighted by molar-refractivity contribution is 7.22. The second kappa shape index (κ2) is 8.69. The van der Waals surface area contributed by atoms with Crippen LogP contribution in [0.5, 0.6) is 11.5 Å². The Morgan fingerprint density at radius 1 is 1.10 bits per heavy atom. The number of ether oxygens (including phenoxy) is 2. The first-order chi connectivity index (χ1) is 14.6. The van der Waals surface area contributed by atoms with E-state index in [2.05, 4.69) is 9.97 Å². The molecular formula is C22H18ClN3O3S. The number of hydrogen-bond acceptors (Lipinski definition) is 6. The Hall–Kier alpha value is -3.16. The standard InChI is InChI=1S/C22H18ClN3O3S/c1-28-16-7-9-19(29-2)17(12-16)21(27)26(13-15-5-3-4-10-24-15)22-25-18-8-6-14(23)11-20(18)30-22/h3-12H,13H2,1-2H3. The minimum Gasteiger partial charge on any atom is -0.497 e. The number of fused-ring (bicyclic) bond motifs is 1. The van der Waals surface area contributed by atoms with Crippen LogP contribution in [0.15, 0.2) is 60.8 Å². The molecule has 0 saturated heterocycles. The van der Waals surface area contributed by atoms with Crippen molar-refractivity contribution >= 4 is 44.2 Å². The number of nitrogens with zero attached hydrogens (tertiary/aromatic N) is 3. The summed E-state index contributed by atoms with van der Waals surface area (Å²) >= 11 is 7.52. The van der Waals surface area contributed by atoms with Gasteiger partial charge < -0.3 is 9.47 Å². The number of halogens is 1. The van der Waals surface area contributed by atoms with E-state index in [1.165, 1.54) is 18.4 Å². The van der Waals surface area contributed by atoms with Crippen LogP contribution in [0.25, 0.3) is 10.2 Å². The zero-order valence-corrected chi connectivity index (χ0v) is 17.9. The molecule has 152 valence electrons. The highest BCUT2D eigenvalue weighted by Crippen LogP contribution is 2.34. The van der Waals surface area contributed by atoms with Gasteiger partial charge in [0.15, 0.2) is 5.13 Å². The Morgan fingerprint density at radius 2 is 1.97 bits per heavy atom. The van der Waals surface area contributed by atoms with Crippen LogP contribution in [0.4, 0.5) is 5.13 Å². The van der Waals surface area contributed by atoms with Crippen LogP contribution >= 0.6 is 22.9 Å². The first-order valence-corrected chi connectivity index (χ1v) is 10.3. The highest BCUT2D eigenvalue weighted by Gasteiger charge is 2.25. The van der Waals surface area contributed by atoms with Crippen molar-refractivity contribution in [2.75, 3.05) is 19.1 Å². The van der Waals surface area contributed by atoms with E-state index in [9.17, 15) is 4.79 Å². The lowest BCUT2D eigenvalue weighted by atomic mass is 10.1. The molecule has 30 heavy (non-hydrogen) atoms. The largest absolute Gasteiger partial charge is 0.497 e. The van der Waals surface area contributed by atoms with Crippen molar-refractivity contribution in [2.24, 2.45) is 0 Å². The lowest BCUT2D eigenvalue weighted by Gasteiger charge is -2.21. The smallest absolute Gasteiger partial charge is 0.264 e. The summed E-state index contributed by atoms with van der Waals surface area (Å²) in [5, 5.41) is 1.17. The van der Waals surface area contributed by atoms with Gasteiger partial charge in [-0.05, 0) is 48.5 Å². The average molecular weight is 440 g/mol. The molecular weight excluding hydrogens is 422 g/mol. The van der Waals surface area contributed by atoms with Crippen LogP contribution in [0.1, 0.15) is 16.1 Å². The summed E-state index contributed by atoms with van der Waals surface area (Å²) in [7, 11) is 3.08. The first kappa shape index (κ1) is 20.1. The lowest BCUT2D eigenvalue weighted by Crippen LogP contribution is -2.31. The highest BCUT2D eigenvalue weighted by atomic mass is 35.5. The number of benzene rings is 2. The monoisotopic (exact) mass is 439 g/mol. The molecule has 1 amide bonds.